The van der Waals surface area contributed by atoms with Crippen LogP contribution in [0.25, 0.3) is 11.3 Å². The largest absolute Gasteiger partial charge is 0.467 e. The van der Waals surface area contributed by atoms with E-state index < -0.39 is 6.10 Å². The fourth-order valence-electron chi connectivity index (χ4n) is 1.53. The topological polar surface area (TPSA) is 55.2 Å². The minimum absolute atomic E-state index is 0.349. The fraction of sp³-hybridized carbons (Fsp3) is 0.231. The summed E-state index contributed by atoms with van der Waals surface area (Å²) < 4.78 is 4.98. The van der Waals surface area contributed by atoms with Crippen molar-refractivity contribution in [3.8, 4) is 17.3 Å². The summed E-state index contributed by atoms with van der Waals surface area (Å²) in [6.45, 7) is 1.74. The van der Waals surface area contributed by atoms with Crippen LogP contribution >= 0.6 is 0 Å². The Morgan fingerprint density at radius 1 is 1.18 bits per heavy atom. The molecule has 4 heteroatoms. The van der Waals surface area contributed by atoms with Gasteiger partial charge in [0.05, 0.1) is 18.9 Å². The molecule has 88 valence electrons. The molecule has 1 aromatic heterocycles. The van der Waals surface area contributed by atoms with Crippen molar-refractivity contribution in [2.24, 2.45) is 0 Å². The van der Waals surface area contributed by atoms with Gasteiger partial charge in [-0.15, -0.1) is 0 Å². The molecule has 0 aliphatic rings. The maximum Gasteiger partial charge on any atom is 0.316 e. The number of aliphatic hydroxyl groups is 1. The van der Waals surface area contributed by atoms with Gasteiger partial charge in [-0.05, 0) is 18.6 Å². The number of aliphatic hydroxyl groups excluding tert-OH is 1. The summed E-state index contributed by atoms with van der Waals surface area (Å²) in [5.41, 5.74) is 2.65. The van der Waals surface area contributed by atoms with E-state index in [1.807, 2.05) is 30.3 Å². The first-order valence-electron chi connectivity index (χ1n) is 5.36. The van der Waals surface area contributed by atoms with Gasteiger partial charge >= 0.3 is 6.01 Å². The van der Waals surface area contributed by atoms with Crippen LogP contribution in [0.3, 0.4) is 0 Å². The van der Waals surface area contributed by atoms with Crippen LogP contribution in [0.2, 0.25) is 0 Å². The van der Waals surface area contributed by atoms with Crippen LogP contribution in [-0.2, 0) is 0 Å². The van der Waals surface area contributed by atoms with Gasteiger partial charge in [0.2, 0.25) is 0 Å². The Morgan fingerprint density at radius 3 is 2.47 bits per heavy atom. The Hall–Kier alpha value is -1.94. The molecule has 0 aliphatic carbocycles. The average Bonchev–Trinajstić information content (AvgIpc) is 2.39. The summed E-state index contributed by atoms with van der Waals surface area (Å²) in [5, 5.41) is 9.42. The predicted molar refractivity (Wildman–Crippen MR) is 64.7 cm³/mol. The zero-order chi connectivity index (χ0) is 12.3. The van der Waals surface area contributed by atoms with Gasteiger partial charge in [-0.2, -0.15) is 4.98 Å². The number of methoxy groups -OCH3 is 1. The van der Waals surface area contributed by atoms with Crippen LogP contribution in [0.5, 0.6) is 6.01 Å². The highest BCUT2D eigenvalue weighted by molar-refractivity contribution is 5.59. The summed E-state index contributed by atoms with van der Waals surface area (Å²) in [7, 11) is 1.54. The summed E-state index contributed by atoms with van der Waals surface area (Å²) in [6, 6.07) is 9.78. The molecule has 4 nitrogen and oxygen atoms in total. The molecule has 0 amide bonds. The maximum absolute atomic E-state index is 9.42. The molecule has 0 saturated carbocycles. The van der Waals surface area contributed by atoms with Crippen molar-refractivity contribution in [3.63, 3.8) is 0 Å². The first-order valence-corrected chi connectivity index (χ1v) is 5.36. The number of aromatic nitrogens is 2. The minimum Gasteiger partial charge on any atom is -0.467 e. The van der Waals surface area contributed by atoms with E-state index in [1.54, 1.807) is 13.1 Å². The van der Waals surface area contributed by atoms with E-state index in [4.69, 9.17) is 4.74 Å². The highest BCUT2D eigenvalue weighted by Crippen LogP contribution is 2.21. The fourth-order valence-corrected chi connectivity index (χ4v) is 1.53. The van der Waals surface area contributed by atoms with Gasteiger partial charge in [-0.25, -0.2) is 4.98 Å². The summed E-state index contributed by atoms with van der Waals surface area (Å²) in [5.74, 6) is 0. The van der Waals surface area contributed by atoms with Crippen LogP contribution in [0, 0.1) is 0 Å². The molecule has 17 heavy (non-hydrogen) atoms. The highest BCUT2D eigenvalue weighted by Gasteiger charge is 2.04. The first kappa shape index (κ1) is 11.5. The Kier molecular flexibility index (Phi) is 3.35. The molecule has 2 rings (SSSR count). The van der Waals surface area contributed by atoms with E-state index in [-0.39, 0.29) is 0 Å². The molecule has 0 fully saturated rings. The van der Waals surface area contributed by atoms with Gasteiger partial charge in [-0.3, -0.25) is 0 Å². The molecule has 0 saturated heterocycles. The first-order chi connectivity index (χ1) is 8.20. The molecule has 2 aromatic rings. The molecule has 0 radical (unpaired) electrons. The summed E-state index contributed by atoms with van der Waals surface area (Å²) >= 11 is 0. The van der Waals surface area contributed by atoms with Crippen LogP contribution in [-0.4, -0.2) is 22.2 Å². The lowest BCUT2D eigenvalue weighted by Crippen LogP contribution is -1.94. The minimum atomic E-state index is -0.455. The molecule has 1 aromatic carbocycles. The van der Waals surface area contributed by atoms with Crippen LogP contribution in [0.15, 0.2) is 36.5 Å². The third-order valence-electron chi connectivity index (χ3n) is 2.50. The SMILES string of the molecule is COc1nccc(-c2ccc([C@H](C)O)cc2)n1. The van der Waals surface area contributed by atoms with Crippen LogP contribution in [0.1, 0.15) is 18.6 Å². The molecule has 1 N–H and O–H groups in total. The molecule has 1 heterocycles. The lowest BCUT2D eigenvalue weighted by atomic mass is 10.1. The monoisotopic (exact) mass is 230 g/mol. The zero-order valence-electron chi connectivity index (χ0n) is 9.79. The van der Waals surface area contributed by atoms with E-state index in [0.29, 0.717) is 6.01 Å². The van der Waals surface area contributed by atoms with Crippen molar-refractivity contribution < 1.29 is 9.84 Å². The molecule has 0 unspecified atom stereocenters. The Balaban J connectivity index is 2.32. The van der Waals surface area contributed by atoms with Gasteiger partial charge in [0.15, 0.2) is 0 Å². The van der Waals surface area contributed by atoms with E-state index in [2.05, 4.69) is 9.97 Å². The lowest BCUT2D eigenvalue weighted by molar-refractivity contribution is 0.199. The quantitative estimate of drug-likeness (QED) is 0.878. The van der Waals surface area contributed by atoms with Gasteiger partial charge in [0.25, 0.3) is 0 Å². The lowest BCUT2D eigenvalue weighted by Gasteiger charge is -2.06. The Morgan fingerprint density at radius 2 is 1.88 bits per heavy atom. The van der Waals surface area contributed by atoms with Crippen molar-refractivity contribution in [1.29, 1.82) is 0 Å². The second-order valence-electron chi connectivity index (χ2n) is 3.73. The number of hydrogen-bond donors (Lipinski definition) is 1. The van der Waals surface area contributed by atoms with Gasteiger partial charge < -0.3 is 9.84 Å². The van der Waals surface area contributed by atoms with Gasteiger partial charge in [-0.1, -0.05) is 24.3 Å². The number of rotatable bonds is 3. The third kappa shape index (κ3) is 2.60. The maximum atomic E-state index is 9.42. The Labute approximate surface area is 99.9 Å². The number of nitrogens with zero attached hydrogens (tertiary/aromatic N) is 2. The smallest absolute Gasteiger partial charge is 0.316 e. The number of benzene rings is 1. The van der Waals surface area contributed by atoms with Crippen molar-refractivity contribution in [3.05, 3.63) is 42.1 Å². The van der Waals surface area contributed by atoms with E-state index in [1.165, 1.54) is 7.11 Å². The van der Waals surface area contributed by atoms with Crippen molar-refractivity contribution in [2.75, 3.05) is 7.11 Å². The molecular weight excluding hydrogens is 216 g/mol. The van der Waals surface area contributed by atoms with Gasteiger partial charge in [0.1, 0.15) is 0 Å². The second kappa shape index (κ2) is 4.93. The Bertz CT molecular complexity index is 495. The van der Waals surface area contributed by atoms with Crippen molar-refractivity contribution in [1.82, 2.24) is 9.97 Å². The zero-order valence-corrected chi connectivity index (χ0v) is 9.79. The average molecular weight is 230 g/mol. The van der Waals surface area contributed by atoms with Crippen molar-refractivity contribution in [2.45, 2.75) is 13.0 Å². The van der Waals surface area contributed by atoms with E-state index in [0.717, 1.165) is 16.8 Å². The molecule has 0 aliphatic heterocycles. The van der Waals surface area contributed by atoms with E-state index >= 15 is 0 Å². The molecule has 1 atom stereocenters. The summed E-state index contributed by atoms with van der Waals surface area (Å²) in [4.78, 5) is 8.20. The predicted octanol–water partition coefficient (Wildman–Crippen LogP) is 2.21. The molecule has 0 spiro atoms. The third-order valence-corrected chi connectivity index (χ3v) is 2.50. The van der Waals surface area contributed by atoms with E-state index in [9.17, 15) is 5.11 Å². The van der Waals surface area contributed by atoms with Gasteiger partial charge in [0, 0.05) is 11.8 Å². The number of hydrogen-bond acceptors (Lipinski definition) is 4. The van der Waals surface area contributed by atoms with Crippen LogP contribution < -0.4 is 4.74 Å². The highest BCUT2D eigenvalue weighted by atomic mass is 16.5. The standard InChI is InChI=1S/C13H14N2O2/c1-9(16)10-3-5-11(6-4-10)12-7-8-14-13(15-12)17-2/h3-9,16H,1-2H3/t9-/m0/s1. The molecular formula is C13H14N2O2. The van der Waals surface area contributed by atoms with Crippen molar-refractivity contribution >= 4 is 0 Å². The normalized spacial score (nSPS) is 12.2. The van der Waals surface area contributed by atoms with Crippen LogP contribution in [0.4, 0.5) is 0 Å². The summed E-state index contributed by atoms with van der Waals surface area (Å²) in [6.07, 6.45) is 1.20. The second-order valence-corrected chi connectivity index (χ2v) is 3.73. The number of ether oxygens (including phenoxy) is 1. The molecule has 0 bridgehead atoms.